The number of thioether (sulfide) groups is 1. The van der Waals surface area contributed by atoms with Crippen molar-refractivity contribution in [3.63, 3.8) is 0 Å². The number of piperidine rings is 1. The minimum Gasteiger partial charge on any atom is -0.326 e. The van der Waals surface area contributed by atoms with Crippen LogP contribution in [0.4, 0.5) is 5.69 Å². The third kappa shape index (κ3) is 5.84. The zero-order valence-corrected chi connectivity index (χ0v) is 20.1. The molecule has 0 saturated carbocycles. The lowest BCUT2D eigenvalue weighted by molar-refractivity contribution is -0.116. The van der Waals surface area contributed by atoms with Crippen molar-refractivity contribution >= 4 is 33.4 Å². The number of amides is 1. The molecular weight excluding hydrogens is 432 g/mol. The van der Waals surface area contributed by atoms with Gasteiger partial charge < -0.3 is 5.32 Å². The van der Waals surface area contributed by atoms with Crippen LogP contribution in [-0.2, 0) is 21.2 Å². The number of sulfonamides is 1. The zero-order chi connectivity index (χ0) is 22.6. The average molecular weight is 463 g/mol. The first-order valence-electron chi connectivity index (χ1n) is 10.5. The number of carbonyl (C=O) groups is 1. The van der Waals surface area contributed by atoms with E-state index in [-0.39, 0.29) is 10.8 Å². The van der Waals surface area contributed by atoms with E-state index in [1.807, 2.05) is 20.1 Å². The van der Waals surface area contributed by atoms with Crippen LogP contribution in [0.1, 0.15) is 43.1 Å². The highest BCUT2D eigenvalue weighted by molar-refractivity contribution is 7.98. The van der Waals surface area contributed by atoms with E-state index in [1.165, 1.54) is 11.8 Å². The van der Waals surface area contributed by atoms with Crippen LogP contribution in [0, 0.1) is 19.8 Å². The normalized spacial score (nSPS) is 15.7. The SMILES string of the molecule is CSc1nc(C)c(CCC(=O)Nc2ccc(S(=O)(=O)N3CCC(C)CC3)cc2)c(C)n1. The fraction of sp³-hybridized carbons (Fsp3) is 0.500. The van der Waals surface area contributed by atoms with Crippen LogP contribution >= 0.6 is 11.8 Å². The number of hydrogen-bond donors (Lipinski definition) is 1. The van der Waals surface area contributed by atoms with Gasteiger partial charge in [0.1, 0.15) is 0 Å². The van der Waals surface area contributed by atoms with Gasteiger partial charge in [0, 0.05) is 36.6 Å². The summed E-state index contributed by atoms with van der Waals surface area (Å²) in [5.74, 6) is 0.431. The molecule has 1 saturated heterocycles. The van der Waals surface area contributed by atoms with Gasteiger partial charge in [-0.1, -0.05) is 18.7 Å². The van der Waals surface area contributed by atoms with Crippen molar-refractivity contribution in [1.82, 2.24) is 14.3 Å². The van der Waals surface area contributed by atoms with Crippen molar-refractivity contribution in [3.05, 3.63) is 41.2 Å². The Hall–Kier alpha value is -1.97. The van der Waals surface area contributed by atoms with Crippen LogP contribution < -0.4 is 5.32 Å². The fourth-order valence-corrected chi connectivity index (χ4v) is 5.63. The Morgan fingerprint density at radius 2 is 1.71 bits per heavy atom. The predicted molar refractivity (Wildman–Crippen MR) is 124 cm³/mol. The molecule has 0 unspecified atom stereocenters. The van der Waals surface area contributed by atoms with Gasteiger partial charge in [0.05, 0.1) is 4.90 Å². The maximum atomic E-state index is 12.8. The van der Waals surface area contributed by atoms with E-state index >= 15 is 0 Å². The number of nitrogens with zero attached hydrogens (tertiary/aromatic N) is 3. The Balaban J connectivity index is 1.59. The topological polar surface area (TPSA) is 92.3 Å². The largest absolute Gasteiger partial charge is 0.326 e. The van der Waals surface area contributed by atoms with Crippen LogP contribution in [0.5, 0.6) is 0 Å². The quantitative estimate of drug-likeness (QED) is 0.497. The van der Waals surface area contributed by atoms with Gasteiger partial charge in [-0.2, -0.15) is 4.31 Å². The average Bonchev–Trinajstić information content (AvgIpc) is 2.73. The molecular formula is C22H30N4O3S2. The zero-order valence-electron chi connectivity index (χ0n) is 18.5. The van der Waals surface area contributed by atoms with Crippen molar-refractivity contribution in [2.45, 2.75) is 56.5 Å². The molecule has 9 heteroatoms. The number of aromatic nitrogens is 2. The van der Waals surface area contributed by atoms with Crippen LogP contribution in [0.25, 0.3) is 0 Å². The van der Waals surface area contributed by atoms with Gasteiger partial charge in [0.25, 0.3) is 0 Å². The maximum Gasteiger partial charge on any atom is 0.243 e. The lowest BCUT2D eigenvalue weighted by Gasteiger charge is -2.29. The highest BCUT2D eigenvalue weighted by Gasteiger charge is 2.27. The van der Waals surface area contributed by atoms with Gasteiger partial charge in [0.2, 0.25) is 15.9 Å². The Kier molecular flexibility index (Phi) is 7.72. The van der Waals surface area contributed by atoms with Crippen LogP contribution in [0.15, 0.2) is 34.3 Å². The molecule has 1 N–H and O–H groups in total. The van der Waals surface area contributed by atoms with Gasteiger partial charge in [0.15, 0.2) is 5.16 Å². The molecule has 1 aromatic carbocycles. The second-order valence-corrected chi connectivity index (χ2v) is 10.7. The number of benzene rings is 1. The van der Waals surface area contributed by atoms with E-state index in [1.54, 1.807) is 28.6 Å². The Labute approximate surface area is 189 Å². The van der Waals surface area contributed by atoms with E-state index in [9.17, 15) is 13.2 Å². The Morgan fingerprint density at radius 1 is 1.13 bits per heavy atom. The molecule has 1 aliphatic rings. The van der Waals surface area contributed by atoms with Crippen molar-refractivity contribution in [2.24, 2.45) is 5.92 Å². The van der Waals surface area contributed by atoms with Gasteiger partial charge in [-0.25, -0.2) is 18.4 Å². The predicted octanol–water partition coefficient (Wildman–Crippen LogP) is 3.81. The van der Waals surface area contributed by atoms with E-state index in [4.69, 9.17) is 0 Å². The number of rotatable bonds is 7. The summed E-state index contributed by atoms with van der Waals surface area (Å²) in [6.07, 6.45) is 4.56. The molecule has 31 heavy (non-hydrogen) atoms. The van der Waals surface area contributed by atoms with Gasteiger partial charge >= 0.3 is 0 Å². The molecule has 1 aromatic heterocycles. The first kappa shape index (κ1) is 23.7. The standard InChI is InChI=1S/C22H30N4O3S2/c1-15-11-13-26(14-12-15)31(28,29)19-7-5-18(6-8-19)25-21(27)10-9-20-16(2)23-22(30-4)24-17(20)3/h5-8,15H,9-14H2,1-4H3,(H,25,27). The molecule has 0 spiro atoms. The van der Waals surface area contributed by atoms with E-state index < -0.39 is 10.0 Å². The summed E-state index contributed by atoms with van der Waals surface area (Å²) in [5, 5.41) is 3.58. The molecule has 2 heterocycles. The smallest absolute Gasteiger partial charge is 0.243 e. The van der Waals surface area contributed by atoms with Gasteiger partial charge in [-0.15, -0.1) is 0 Å². The molecule has 0 atom stereocenters. The second kappa shape index (κ2) is 10.1. The van der Waals surface area contributed by atoms with E-state index in [0.29, 0.717) is 37.5 Å². The minimum absolute atomic E-state index is 0.131. The molecule has 7 nitrogen and oxygen atoms in total. The molecule has 0 bridgehead atoms. The first-order valence-corrected chi connectivity index (χ1v) is 13.2. The summed E-state index contributed by atoms with van der Waals surface area (Å²) in [6.45, 7) is 7.13. The summed E-state index contributed by atoms with van der Waals surface area (Å²) in [5.41, 5.74) is 3.36. The Morgan fingerprint density at radius 3 is 2.26 bits per heavy atom. The van der Waals surface area contributed by atoms with Gasteiger partial charge in [-0.05, 0) is 75.1 Å². The number of nitrogens with one attached hydrogen (secondary N) is 1. The van der Waals surface area contributed by atoms with Crippen LogP contribution in [-0.4, -0.2) is 47.9 Å². The molecule has 1 fully saturated rings. The van der Waals surface area contributed by atoms with E-state index in [0.717, 1.165) is 34.9 Å². The molecule has 3 rings (SSSR count). The molecule has 0 radical (unpaired) electrons. The number of hydrogen-bond acceptors (Lipinski definition) is 6. The van der Waals surface area contributed by atoms with Crippen molar-refractivity contribution < 1.29 is 13.2 Å². The summed E-state index contributed by atoms with van der Waals surface area (Å²) in [7, 11) is -3.49. The summed E-state index contributed by atoms with van der Waals surface area (Å²) in [4.78, 5) is 21.6. The highest BCUT2D eigenvalue weighted by Crippen LogP contribution is 2.24. The number of aryl methyl sites for hydroxylation is 2. The third-order valence-corrected chi connectivity index (χ3v) is 8.16. The van der Waals surface area contributed by atoms with Crippen molar-refractivity contribution in [2.75, 3.05) is 24.7 Å². The third-order valence-electron chi connectivity index (χ3n) is 5.70. The fourth-order valence-electron chi connectivity index (χ4n) is 3.71. The molecule has 0 aliphatic carbocycles. The summed E-state index contributed by atoms with van der Waals surface area (Å²) < 4.78 is 27.2. The van der Waals surface area contributed by atoms with Crippen molar-refractivity contribution in [1.29, 1.82) is 0 Å². The molecule has 168 valence electrons. The minimum atomic E-state index is -3.49. The van der Waals surface area contributed by atoms with Crippen LogP contribution in [0.3, 0.4) is 0 Å². The maximum absolute atomic E-state index is 12.8. The second-order valence-electron chi connectivity index (χ2n) is 8.02. The molecule has 1 aliphatic heterocycles. The summed E-state index contributed by atoms with van der Waals surface area (Å²) >= 11 is 1.50. The van der Waals surface area contributed by atoms with Gasteiger partial charge in [-0.3, -0.25) is 4.79 Å². The molecule has 2 aromatic rings. The lowest BCUT2D eigenvalue weighted by Crippen LogP contribution is -2.37. The lowest BCUT2D eigenvalue weighted by atomic mass is 10.0. The molecule has 1 amide bonds. The Bertz CT molecular complexity index is 1010. The van der Waals surface area contributed by atoms with E-state index in [2.05, 4.69) is 22.2 Å². The van der Waals surface area contributed by atoms with Crippen LogP contribution in [0.2, 0.25) is 0 Å². The number of carbonyl (C=O) groups excluding carboxylic acids is 1. The monoisotopic (exact) mass is 462 g/mol. The number of anilines is 1. The first-order chi connectivity index (χ1) is 14.7. The van der Waals surface area contributed by atoms with Crippen molar-refractivity contribution in [3.8, 4) is 0 Å². The highest BCUT2D eigenvalue weighted by atomic mass is 32.2. The summed E-state index contributed by atoms with van der Waals surface area (Å²) in [6, 6.07) is 6.41.